The van der Waals surface area contributed by atoms with Crippen molar-refractivity contribution in [2.45, 2.75) is 38.6 Å². The third kappa shape index (κ3) is 3.55. The van der Waals surface area contributed by atoms with E-state index in [1.165, 1.54) is 18.3 Å². The first-order valence-electron chi connectivity index (χ1n) is 8.37. The topological polar surface area (TPSA) is 81.2 Å². The predicted octanol–water partition coefficient (Wildman–Crippen LogP) is 2.19. The number of piperidine rings is 1. The number of aromatic nitrogens is 2. The van der Waals surface area contributed by atoms with Crippen LogP contribution in [0, 0.1) is 12.7 Å². The summed E-state index contributed by atoms with van der Waals surface area (Å²) in [6.07, 6.45) is 4.37. The van der Waals surface area contributed by atoms with Crippen LogP contribution in [0.1, 0.15) is 41.7 Å². The summed E-state index contributed by atoms with van der Waals surface area (Å²) >= 11 is 0. The van der Waals surface area contributed by atoms with Gasteiger partial charge < -0.3 is 10.6 Å². The molecule has 0 bridgehead atoms. The molecule has 1 saturated heterocycles. The summed E-state index contributed by atoms with van der Waals surface area (Å²) in [6.45, 7) is 2.41. The maximum absolute atomic E-state index is 13.1. The van der Waals surface area contributed by atoms with Crippen molar-refractivity contribution >= 4 is 11.8 Å². The van der Waals surface area contributed by atoms with Crippen molar-refractivity contribution in [2.24, 2.45) is 5.73 Å². The normalized spacial score (nSPS) is 17.5. The Bertz CT molecular complexity index is 785. The van der Waals surface area contributed by atoms with Crippen molar-refractivity contribution in [3.63, 3.8) is 0 Å². The van der Waals surface area contributed by atoms with Gasteiger partial charge in [0.15, 0.2) is 0 Å². The van der Waals surface area contributed by atoms with Crippen LogP contribution in [0.15, 0.2) is 30.5 Å². The zero-order chi connectivity index (χ0) is 18.0. The largest absolute Gasteiger partial charge is 0.370 e. The number of benzene rings is 1. The van der Waals surface area contributed by atoms with Crippen molar-refractivity contribution in [1.29, 1.82) is 0 Å². The number of carbonyl (C=O) groups excluding carboxylic acids is 2. The molecule has 1 aliphatic rings. The summed E-state index contributed by atoms with van der Waals surface area (Å²) in [5.74, 6) is -0.868. The summed E-state index contributed by atoms with van der Waals surface area (Å²) in [6, 6.07) is 5.77. The van der Waals surface area contributed by atoms with Crippen LogP contribution in [0.5, 0.6) is 0 Å². The van der Waals surface area contributed by atoms with Gasteiger partial charge in [-0.25, -0.2) is 9.07 Å². The molecular formula is C18H21FN4O2. The number of rotatable bonds is 4. The molecular weight excluding hydrogens is 323 g/mol. The quantitative estimate of drug-likeness (QED) is 0.923. The summed E-state index contributed by atoms with van der Waals surface area (Å²) in [5.41, 5.74) is 7.18. The van der Waals surface area contributed by atoms with E-state index in [-0.39, 0.29) is 24.2 Å². The number of carbonyl (C=O) groups is 2. The fourth-order valence-electron chi connectivity index (χ4n) is 3.33. The lowest BCUT2D eigenvalue weighted by molar-refractivity contribution is -0.119. The number of primary amides is 1. The van der Waals surface area contributed by atoms with Gasteiger partial charge in [-0.3, -0.25) is 9.59 Å². The molecule has 1 fully saturated rings. The molecule has 1 atom stereocenters. The van der Waals surface area contributed by atoms with Crippen LogP contribution in [0.2, 0.25) is 0 Å². The Morgan fingerprint density at radius 2 is 2.00 bits per heavy atom. The lowest BCUT2D eigenvalue weighted by atomic mass is 9.98. The molecule has 0 spiro atoms. The first-order chi connectivity index (χ1) is 12.0. The van der Waals surface area contributed by atoms with Gasteiger partial charge in [-0.2, -0.15) is 5.10 Å². The fraction of sp³-hybridized carbons (Fsp3) is 0.389. The number of amides is 2. The van der Waals surface area contributed by atoms with Crippen molar-refractivity contribution in [3.05, 3.63) is 47.5 Å². The average molecular weight is 344 g/mol. The first kappa shape index (κ1) is 17.1. The predicted molar refractivity (Wildman–Crippen MR) is 90.7 cm³/mol. The van der Waals surface area contributed by atoms with Crippen molar-refractivity contribution in [3.8, 4) is 5.69 Å². The van der Waals surface area contributed by atoms with Gasteiger partial charge in [-0.1, -0.05) is 0 Å². The molecule has 6 nitrogen and oxygen atoms in total. The number of hydrogen-bond donors (Lipinski definition) is 1. The third-order valence-corrected chi connectivity index (χ3v) is 4.64. The van der Waals surface area contributed by atoms with Crippen molar-refractivity contribution in [2.75, 3.05) is 6.54 Å². The van der Waals surface area contributed by atoms with Gasteiger partial charge in [0.2, 0.25) is 5.91 Å². The summed E-state index contributed by atoms with van der Waals surface area (Å²) in [4.78, 5) is 26.0. The Morgan fingerprint density at radius 3 is 2.68 bits per heavy atom. The summed E-state index contributed by atoms with van der Waals surface area (Å²) < 4.78 is 14.7. The van der Waals surface area contributed by atoms with E-state index in [0.717, 1.165) is 19.3 Å². The minimum Gasteiger partial charge on any atom is -0.370 e. The van der Waals surface area contributed by atoms with Gasteiger partial charge in [-0.15, -0.1) is 0 Å². The highest BCUT2D eigenvalue weighted by Crippen LogP contribution is 2.24. The molecule has 2 N–H and O–H groups in total. The highest BCUT2D eigenvalue weighted by atomic mass is 19.1. The molecule has 1 aromatic heterocycles. The molecule has 7 heteroatoms. The van der Waals surface area contributed by atoms with Gasteiger partial charge in [0, 0.05) is 19.0 Å². The number of nitrogens with zero attached hydrogens (tertiary/aromatic N) is 3. The van der Waals surface area contributed by atoms with Crippen LogP contribution >= 0.6 is 0 Å². The Kier molecular flexibility index (Phi) is 4.83. The number of halogens is 1. The minimum absolute atomic E-state index is 0.142. The van der Waals surface area contributed by atoms with Crippen molar-refractivity contribution in [1.82, 2.24) is 14.7 Å². The molecule has 1 aliphatic heterocycles. The molecule has 132 valence electrons. The first-order valence-corrected chi connectivity index (χ1v) is 8.37. The third-order valence-electron chi connectivity index (χ3n) is 4.64. The average Bonchev–Trinajstić information content (AvgIpc) is 2.96. The number of nitrogens with two attached hydrogens (primary N) is 1. The molecule has 0 radical (unpaired) electrons. The van der Waals surface area contributed by atoms with Crippen molar-refractivity contribution < 1.29 is 14.0 Å². The van der Waals surface area contributed by atoms with E-state index in [2.05, 4.69) is 5.10 Å². The van der Waals surface area contributed by atoms with Crippen LogP contribution < -0.4 is 5.73 Å². The van der Waals surface area contributed by atoms with Gasteiger partial charge >= 0.3 is 0 Å². The van der Waals surface area contributed by atoms with Gasteiger partial charge in [0.25, 0.3) is 5.91 Å². The molecule has 2 aromatic rings. The maximum atomic E-state index is 13.1. The van der Waals surface area contributed by atoms with E-state index in [1.54, 1.807) is 28.6 Å². The SMILES string of the molecule is Cc1c(C(=O)N2CCCC[C@H]2CC(N)=O)cnn1-c1ccc(F)cc1. The second-order valence-electron chi connectivity index (χ2n) is 6.35. The lowest BCUT2D eigenvalue weighted by Gasteiger charge is -2.35. The Labute approximate surface area is 145 Å². The molecule has 1 aromatic carbocycles. The fourth-order valence-corrected chi connectivity index (χ4v) is 3.33. The number of likely N-dealkylation sites (tertiary alicyclic amines) is 1. The van der Waals surface area contributed by atoms with Crippen LogP contribution in [-0.4, -0.2) is 39.1 Å². The van der Waals surface area contributed by atoms with Crippen LogP contribution in [0.3, 0.4) is 0 Å². The van der Waals surface area contributed by atoms with E-state index in [4.69, 9.17) is 5.73 Å². The van der Waals surface area contributed by atoms with Crippen LogP contribution in [0.4, 0.5) is 4.39 Å². The van der Waals surface area contributed by atoms with Gasteiger partial charge in [-0.05, 0) is 50.5 Å². The Hall–Kier alpha value is -2.70. The molecule has 3 rings (SSSR count). The number of hydrogen-bond acceptors (Lipinski definition) is 3. The smallest absolute Gasteiger partial charge is 0.257 e. The van der Waals surface area contributed by atoms with E-state index in [0.29, 0.717) is 23.5 Å². The summed E-state index contributed by atoms with van der Waals surface area (Å²) in [7, 11) is 0. The van der Waals surface area contributed by atoms with E-state index >= 15 is 0 Å². The zero-order valence-corrected chi connectivity index (χ0v) is 14.1. The Balaban J connectivity index is 1.87. The second kappa shape index (κ2) is 7.04. The second-order valence-corrected chi connectivity index (χ2v) is 6.35. The molecule has 2 amide bonds. The monoisotopic (exact) mass is 344 g/mol. The highest BCUT2D eigenvalue weighted by Gasteiger charge is 2.30. The van der Waals surface area contributed by atoms with E-state index in [9.17, 15) is 14.0 Å². The standard InChI is InChI=1S/C18H21FN4O2/c1-12-16(11-21-23(12)14-7-5-13(19)6-8-14)18(25)22-9-3-2-4-15(22)10-17(20)24/h5-8,11,15H,2-4,9-10H2,1H3,(H2,20,24)/t15-/m0/s1. The molecule has 25 heavy (non-hydrogen) atoms. The maximum Gasteiger partial charge on any atom is 0.257 e. The minimum atomic E-state index is -0.400. The van der Waals surface area contributed by atoms with Gasteiger partial charge in [0.1, 0.15) is 5.82 Å². The van der Waals surface area contributed by atoms with Crippen LogP contribution in [-0.2, 0) is 4.79 Å². The van der Waals surface area contributed by atoms with Gasteiger partial charge in [0.05, 0.1) is 23.1 Å². The van der Waals surface area contributed by atoms with E-state index < -0.39 is 5.91 Å². The summed E-state index contributed by atoms with van der Waals surface area (Å²) in [5, 5.41) is 4.27. The zero-order valence-electron chi connectivity index (χ0n) is 14.1. The molecule has 0 unspecified atom stereocenters. The highest BCUT2D eigenvalue weighted by molar-refractivity contribution is 5.95. The Morgan fingerprint density at radius 1 is 1.28 bits per heavy atom. The van der Waals surface area contributed by atoms with Crippen LogP contribution in [0.25, 0.3) is 5.69 Å². The van der Waals surface area contributed by atoms with E-state index in [1.807, 2.05) is 0 Å². The molecule has 0 saturated carbocycles. The molecule has 0 aliphatic carbocycles. The molecule has 2 heterocycles. The lowest BCUT2D eigenvalue weighted by Crippen LogP contribution is -2.45.